The highest BCUT2D eigenvalue weighted by Gasteiger charge is 2.16. The molecule has 0 unspecified atom stereocenters. The van der Waals surface area contributed by atoms with Crippen LogP contribution in [0.25, 0.3) is 10.9 Å². The number of nitrogens with zero attached hydrogens (tertiary/aromatic N) is 1. The summed E-state index contributed by atoms with van der Waals surface area (Å²) in [6.07, 6.45) is 0. The quantitative estimate of drug-likeness (QED) is 0.769. The van der Waals surface area contributed by atoms with E-state index >= 15 is 0 Å². The highest BCUT2D eigenvalue weighted by atomic mass is 32.2. The van der Waals surface area contributed by atoms with Gasteiger partial charge in [0, 0.05) is 5.39 Å². The maximum absolute atomic E-state index is 12.2. The van der Waals surface area contributed by atoms with Gasteiger partial charge in [-0.1, -0.05) is 30.3 Å². The standard InChI is InChI=1S/C13H11N3O2S/c17-19(18,10-6-2-1-3-7-10)16-13-11-8-4-5-9-12(11)14-15-13/h1-9H,(H2,14,15,16). The third-order valence-corrected chi connectivity index (χ3v) is 4.11. The molecule has 19 heavy (non-hydrogen) atoms. The van der Waals surface area contributed by atoms with Crippen molar-refractivity contribution in [2.24, 2.45) is 0 Å². The average Bonchev–Trinajstić information content (AvgIpc) is 2.83. The van der Waals surface area contributed by atoms with Crippen molar-refractivity contribution in [1.29, 1.82) is 0 Å². The Morgan fingerprint density at radius 3 is 2.42 bits per heavy atom. The molecule has 0 spiro atoms. The maximum Gasteiger partial charge on any atom is 0.263 e. The molecule has 2 aromatic carbocycles. The summed E-state index contributed by atoms with van der Waals surface area (Å²) in [6.45, 7) is 0. The lowest BCUT2D eigenvalue weighted by Crippen LogP contribution is -2.13. The van der Waals surface area contributed by atoms with Crippen LogP contribution in [0.3, 0.4) is 0 Å². The fourth-order valence-corrected chi connectivity index (χ4v) is 2.87. The Balaban J connectivity index is 2.02. The monoisotopic (exact) mass is 273 g/mol. The number of aromatic amines is 1. The summed E-state index contributed by atoms with van der Waals surface area (Å²) in [5.74, 6) is 0.305. The van der Waals surface area contributed by atoms with E-state index in [0.29, 0.717) is 5.82 Å². The molecule has 1 aromatic heterocycles. The minimum Gasteiger partial charge on any atom is -0.276 e. The van der Waals surface area contributed by atoms with Gasteiger partial charge in [0.05, 0.1) is 10.4 Å². The minimum absolute atomic E-state index is 0.210. The molecule has 0 bridgehead atoms. The molecule has 1 heterocycles. The third-order valence-electron chi connectivity index (χ3n) is 2.75. The number of hydrogen-bond acceptors (Lipinski definition) is 3. The SMILES string of the molecule is O=S(=O)(Nc1n[nH]c2ccccc12)c1ccccc1. The molecule has 0 saturated carbocycles. The number of fused-ring (bicyclic) bond motifs is 1. The number of hydrogen-bond donors (Lipinski definition) is 2. The molecule has 96 valence electrons. The minimum atomic E-state index is -3.61. The van der Waals surface area contributed by atoms with Crippen molar-refractivity contribution in [3.8, 4) is 0 Å². The van der Waals surface area contributed by atoms with Crippen LogP contribution in [0.2, 0.25) is 0 Å². The summed E-state index contributed by atoms with van der Waals surface area (Å²) in [5, 5.41) is 7.51. The smallest absolute Gasteiger partial charge is 0.263 e. The molecule has 0 aliphatic rings. The number of H-pyrrole nitrogens is 1. The Kier molecular flexibility index (Phi) is 2.72. The van der Waals surface area contributed by atoms with E-state index in [1.807, 2.05) is 24.3 Å². The summed E-state index contributed by atoms with van der Waals surface area (Å²) in [4.78, 5) is 0.210. The van der Waals surface area contributed by atoms with Gasteiger partial charge in [-0.2, -0.15) is 5.10 Å². The molecule has 0 saturated heterocycles. The van der Waals surface area contributed by atoms with Crippen LogP contribution >= 0.6 is 0 Å². The van der Waals surface area contributed by atoms with E-state index in [2.05, 4.69) is 14.9 Å². The van der Waals surface area contributed by atoms with Crippen LogP contribution in [0.4, 0.5) is 5.82 Å². The number of rotatable bonds is 3. The first-order valence-corrected chi connectivity index (χ1v) is 7.16. The molecular weight excluding hydrogens is 262 g/mol. The van der Waals surface area contributed by atoms with E-state index in [1.54, 1.807) is 18.2 Å². The molecule has 0 radical (unpaired) electrons. The van der Waals surface area contributed by atoms with E-state index < -0.39 is 10.0 Å². The van der Waals surface area contributed by atoms with Crippen LogP contribution in [0.1, 0.15) is 0 Å². The molecule has 3 rings (SSSR count). The van der Waals surface area contributed by atoms with Gasteiger partial charge in [-0.15, -0.1) is 0 Å². The lowest BCUT2D eigenvalue weighted by atomic mass is 10.2. The number of para-hydroxylation sites is 1. The van der Waals surface area contributed by atoms with Gasteiger partial charge in [0.15, 0.2) is 5.82 Å². The normalized spacial score (nSPS) is 11.6. The summed E-state index contributed by atoms with van der Waals surface area (Å²) < 4.78 is 26.8. The second-order valence-electron chi connectivity index (χ2n) is 4.04. The average molecular weight is 273 g/mol. The van der Waals surface area contributed by atoms with Gasteiger partial charge >= 0.3 is 0 Å². The van der Waals surface area contributed by atoms with E-state index in [4.69, 9.17) is 0 Å². The molecule has 0 atom stereocenters. The first-order chi connectivity index (χ1) is 9.17. The number of anilines is 1. The fourth-order valence-electron chi connectivity index (χ4n) is 1.83. The van der Waals surface area contributed by atoms with Crippen molar-refractivity contribution in [3.05, 3.63) is 54.6 Å². The Bertz CT molecular complexity index is 810. The summed E-state index contributed by atoms with van der Waals surface area (Å²) in [5.41, 5.74) is 0.785. The van der Waals surface area contributed by atoms with Gasteiger partial charge in [-0.05, 0) is 24.3 Å². The van der Waals surface area contributed by atoms with Gasteiger partial charge in [-0.25, -0.2) is 8.42 Å². The lowest BCUT2D eigenvalue weighted by Gasteiger charge is -2.05. The second-order valence-corrected chi connectivity index (χ2v) is 5.72. The van der Waals surface area contributed by atoms with E-state index in [1.165, 1.54) is 12.1 Å². The fraction of sp³-hybridized carbons (Fsp3) is 0. The van der Waals surface area contributed by atoms with Gasteiger partial charge in [0.1, 0.15) is 0 Å². The number of benzene rings is 2. The molecule has 5 nitrogen and oxygen atoms in total. The van der Waals surface area contributed by atoms with Crippen LogP contribution in [-0.2, 0) is 10.0 Å². The van der Waals surface area contributed by atoms with Crippen LogP contribution in [0.15, 0.2) is 59.5 Å². The first kappa shape index (κ1) is 11.7. The van der Waals surface area contributed by atoms with Gasteiger partial charge in [0.2, 0.25) is 0 Å². The molecule has 3 aromatic rings. The number of nitrogens with one attached hydrogen (secondary N) is 2. The molecule has 2 N–H and O–H groups in total. The Hall–Kier alpha value is -2.34. The van der Waals surface area contributed by atoms with Crippen molar-refractivity contribution < 1.29 is 8.42 Å². The lowest BCUT2D eigenvalue weighted by molar-refractivity contribution is 0.601. The zero-order valence-electron chi connectivity index (χ0n) is 9.87. The maximum atomic E-state index is 12.2. The Morgan fingerprint density at radius 1 is 0.947 bits per heavy atom. The highest BCUT2D eigenvalue weighted by molar-refractivity contribution is 7.92. The van der Waals surface area contributed by atoms with Gasteiger partial charge < -0.3 is 0 Å². The second kappa shape index (κ2) is 4.40. The predicted molar refractivity (Wildman–Crippen MR) is 73.3 cm³/mol. The van der Waals surface area contributed by atoms with E-state index in [9.17, 15) is 8.42 Å². The molecule has 0 aliphatic heterocycles. The molecular formula is C13H11N3O2S. The zero-order valence-corrected chi connectivity index (χ0v) is 10.7. The van der Waals surface area contributed by atoms with Crippen molar-refractivity contribution in [2.45, 2.75) is 4.90 Å². The summed E-state index contributed by atoms with van der Waals surface area (Å²) in [7, 11) is -3.61. The van der Waals surface area contributed by atoms with Gasteiger partial charge in [0.25, 0.3) is 10.0 Å². The molecule has 0 amide bonds. The van der Waals surface area contributed by atoms with Crippen molar-refractivity contribution in [3.63, 3.8) is 0 Å². The zero-order chi connectivity index (χ0) is 13.3. The predicted octanol–water partition coefficient (Wildman–Crippen LogP) is 2.36. The molecule has 6 heteroatoms. The highest BCUT2D eigenvalue weighted by Crippen LogP contribution is 2.22. The van der Waals surface area contributed by atoms with Crippen molar-refractivity contribution >= 4 is 26.7 Å². The van der Waals surface area contributed by atoms with E-state index in [-0.39, 0.29) is 4.90 Å². The summed E-state index contributed by atoms with van der Waals surface area (Å²) in [6, 6.07) is 15.5. The van der Waals surface area contributed by atoms with Crippen LogP contribution in [0.5, 0.6) is 0 Å². The molecule has 0 fully saturated rings. The first-order valence-electron chi connectivity index (χ1n) is 5.68. The molecule has 0 aliphatic carbocycles. The largest absolute Gasteiger partial charge is 0.276 e. The van der Waals surface area contributed by atoms with Crippen LogP contribution < -0.4 is 4.72 Å². The number of sulfonamides is 1. The van der Waals surface area contributed by atoms with Crippen molar-refractivity contribution in [2.75, 3.05) is 4.72 Å². The van der Waals surface area contributed by atoms with Crippen LogP contribution in [0, 0.1) is 0 Å². The Labute approximate surface area is 110 Å². The topological polar surface area (TPSA) is 74.8 Å². The van der Waals surface area contributed by atoms with Crippen molar-refractivity contribution in [1.82, 2.24) is 10.2 Å². The van der Waals surface area contributed by atoms with Gasteiger partial charge in [-0.3, -0.25) is 9.82 Å². The third kappa shape index (κ3) is 2.17. The van der Waals surface area contributed by atoms with E-state index in [0.717, 1.165) is 10.9 Å². The Morgan fingerprint density at radius 2 is 1.63 bits per heavy atom. The van der Waals surface area contributed by atoms with Crippen LogP contribution in [-0.4, -0.2) is 18.6 Å². The number of aromatic nitrogens is 2. The summed E-state index contributed by atoms with van der Waals surface area (Å²) >= 11 is 0.